The van der Waals surface area contributed by atoms with Crippen molar-refractivity contribution in [3.8, 4) is 0 Å². The zero-order valence-electron chi connectivity index (χ0n) is 15.5. The van der Waals surface area contributed by atoms with Gasteiger partial charge in [0.2, 0.25) is 0 Å². The molecular weight excluding hydrogens is 348 g/mol. The Morgan fingerprint density at radius 1 is 1.15 bits per heavy atom. The molecule has 4 atom stereocenters. The standard InChI is InChI=1S/C20H24N2O3S/c1-9(2)14-7-11(8-26-14)18(23)21-22-19(24)16-12-5-6-13(15(12)10(3)4)17(16)20(22)25/h7-9,12-13,16-17H,5-6H2,1-4H3,(H,21,23)/t12-,13+,16+,17-. The quantitative estimate of drug-likeness (QED) is 0.652. The Bertz CT molecular complexity index is 802. The van der Waals surface area contributed by atoms with E-state index in [-0.39, 0.29) is 41.4 Å². The molecule has 0 spiro atoms. The molecule has 1 aliphatic heterocycles. The number of rotatable bonds is 3. The molecule has 4 rings (SSSR count). The molecule has 26 heavy (non-hydrogen) atoms. The maximum Gasteiger partial charge on any atom is 0.271 e. The lowest BCUT2D eigenvalue weighted by Crippen LogP contribution is -2.47. The number of allylic oxidation sites excluding steroid dienone is 2. The molecule has 5 nitrogen and oxygen atoms in total. The fraction of sp³-hybridized carbons (Fsp3) is 0.550. The zero-order valence-corrected chi connectivity index (χ0v) is 16.4. The van der Waals surface area contributed by atoms with Crippen LogP contribution in [0.4, 0.5) is 0 Å². The summed E-state index contributed by atoms with van der Waals surface area (Å²) in [4.78, 5) is 39.5. The molecule has 6 heteroatoms. The molecule has 3 aliphatic rings. The Kier molecular flexibility index (Phi) is 4.06. The number of nitrogens with zero attached hydrogens (tertiary/aromatic N) is 1. The van der Waals surface area contributed by atoms with Crippen molar-refractivity contribution in [1.29, 1.82) is 0 Å². The third kappa shape index (κ3) is 2.38. The first kappa shape index (κ1) is 17.5. The second-order valence-electron chi connectivity index (χ2n) is 8.14. The molecule has 1 aromatic rings. The summed E-state index contributed by atoms with van der Waals surface area (Å²) in [5, 5.41) is 2.78. The van der Waals surface area contributed by atoms with E-state index < -0.39 is 0 Å². The minimum atomic E-state index is -0.385. The number of hydrogen-bond donors (Lipinski definition) is 1. The van der Waals surface area contributed by atoms with Crippen LogP contribution in [0.3, 0.4) is 0 Å². The van der Waals surface area contributed by atoms with Crippen LogP contribution in [0.25, 0.3) is 0 Å². The SMILES string of the molecule is CC(C)=C1[C@H]2CC[C@@H]1[C@H]1C(=O)N(NC(=O)c3csc(C(C)C)c3)C(=O)[C@H]12. The van der Waals surface area contributed by atoms with Crippen LogP contribution in [0.2, 0.25) is 0 Å². The molecular formula is C20H24N2O3S. The lowest BCUT2D eigenvalue weighted by Gasteiger charge is -2.19. The predicted molar refractivity (Wildman–Crippen MR) is 99.3 cm³/mol. The van der Waals surface area contributed by atoms with Gasteiger partial charge in [-0.25, -0.2) is 0 Å². The molecule has 2 bridgehead atoms. The van der Waals surface area contributed by atoms with Gasteiger partial charge in [0.05, 0.1) is 17.4 Å². The first-order chi connectivity index (χ1) is 12.3. The Morgan fingerprint density at radius 2 is 1.73 bits per heavy atom. The zero-order chi connectivity index (χ0) is 18.7. The summed E-state index contributed by atoms with van der Waals surface area (Å²) in [7, 11) is 0. The number of hydrazine groups is 1. The van der Waals surface area contributed by atoms with Gasteiger partial charge >= 0.3 is 0 Å². The first-order valence-electron chi connectivity index (χ1n) is 9.25. The van der Waals surface area contributed by atoms with Crippen molar-refractivity contribution in [3.05, 3.63) is 33.0 Å². The Balaban J connectivity index is 1.55. The Hall–Kier alpha value is -1.95. The van der Waals surface area contributed by atoms with Crippen molar-refractivity contribution in [3.63, 3.8) is 0 Å². The van der Waals surface area contributed by atoms with Crippen LogP contribution >= 0.6 is 11.3 Å². The van der Waals surface area contributed by atoms with Crippen LogP contribution in [0, 0.1) is 23.7 Å². The molecule has 1 aromatic heterocycles. The number of hydrogen-bond acceptors (Lipinski definition) is 4. The van der Waals surface area contributed by atoms with Gasteiger partial charge in [-0.2, -0.15) is 5.01 Å². The molecule has 2 aliphatic carbocycles. The maximum absolute atomic E-state index is 12.9. The highest BCUT2D eigenvalue weighted by Gasteiger charge is 2.63. The summed E-state index contributed by atoms with van der Waals surface area (Å²) in [6.45, 7) is 8.27. The topological polar surface area (TPSA) is 66.5 Å². The molecule has 1 N–H and O–H groups in total. The third-order valence-corrected chi connectivity index (χ3v) is 7.33. The largest absolute Gasteiger partial charge is 0.272 e. The van der Waals surface area contributed by atoms with Crippen LogP contribution in [0.1, 0.15) is 61.7 Å². The Labute approximate surface area is 157 Å². The first-order valence-corrected chi connectivity index (χ1v) is 10.1. The van der Waals surface area contributed by atoms with E-state index in [0.29, 0.717) is 11.5 Å². The maximum atomic E-state index is 12.9. The summed E-state index contributed by atoms with van der Waals surface area (Å²) in [5.74, 6) is -0.764. The van der Waals surface area contributed by atoms with E-state index in [1.165, 1.54) is 22.5 Å². The van der Waals surface area contributed by atoms with E-state index in [4.69, 9.17) is 0 Å². The number of thiophene rings is 1. The van der Waals surface area contributed by atoms with E-state index >= 15 is 0 Å². The van der Waals surface area contributed by atoms with Crippen LogP contribution in [0.5, 0.6) is 0 Å². The van der Waals surface area contributed by atoms with Crippen molar-refractivity contribution in [2.75, 3.05) is 0 Å². The van der Waals surface area contributed by atoms with Crippen LogP contribution in [-0.2, 0) is 9.59 Å². The molecule has 0 aromatic carbocycles. The van der Waals surface area contributed by atoms with E-state index in [2.05, 4.69) is 33.1 Å². The monoisotopic (exact) mass is 372 g/mol. The van der Waals surface area contributed by atoms with E-state index in [1.807, 2.05) is 6.07 Å². The number of carbonyl (C=O) groups excluding carboxylic acids is 3. The van der Waals surface area contributed by atoms with Crippen molar-refractivity contribution < 1.29 is 14.4 Å². The molecule has 3 fully saturated rings. The summed E-state index contributed by atoms with van der Waals surface area (Å²) < 4.78 is 0. The van der Waals surface area contributed by atoms with Crippen LogP contribution in [0.15, 0.2) is 22.6 Å². The summed E-state index contributed by atoms with van der Waals surface area (Å²) >= 11 is 1.52. The van der Waals surface area contributed by atoms with Gasteiger partial charge in [0.25, 0.3) is 17.7 Å². The highest BCUT2D eigenvalue weighted by Crippen LogP contribution is 2.59. The Morgan fingerprint density at radius 3 is 2.19 bits per heavy atom. The number of imide groups is 1. The molecule has 3 amide bonds. The second-order valence-corrected chi connectivity index (χ2v) is 9.09. The molecule has 1 saturated heterocycles. The number of amides is 3. The fourth-order valence-electron chi connectivity index (χ4n) is 5.04. The lowest BCUT2D eigenvalue weighted by atomic mass is 9.81. The highest BCUT2D eigenvalue weighted by molar-refractivity contribution is 7.10. The van der Waals surface area contributed by atoms with Gasteiger partial charge in [-0.3, -0.25) is 19.8 Å². The second kappa shape index (κ2) is 6.05. The third-order valence-electron chi connectivity index (χ3n) is 6.09. The van der Waals surface area contributed by atoms with E-state index in [0.717, 1.165) is 22.7 Å². The summed E-state index contributed by atoms with van der Waals surface area (Å²) in [6, 6.07) is 1.83. The highest BCUT2D eigenvalue weighted by atomic mass is 32.1. The predicted octanol–water partition coefficient (Wildman–Crippen LogP) is 3.49. The van der Waals surface area contributed by atoms with Crippen molar-refractivity contribution in [2.24, 2.45) is 23.7 Å². The minimum Gasteiger partial charge on any atom is -0.272 e. The van der Waals surface area contributed by atoms with Gasteiger partial charge in [0, 0.05) is 10.3 Å². The molecule has 138 valence electrons. The van der Waals surface area contributed by atoms with Gasteiger partial charge in [-0.05, 0) is 50.5 Å². The lowest BCUT2D eigenvalue weighted by molar-refractivity contribution is -0.143. The molecule has 2 heterocycles. The van der Waals surface area contributed by atoms with Gasteiger partial charge in [-0.15, -0.1) is 11.3 Å². The van der Waals surface area contributed by atoms with Gasteiger partial charge < -0.3 is 0 Å². The van der Waals surface area contributed by atoms with Crippen molar-refractivity contribution >= 4 is 29.1 Å². The average Bonchev–Trinajstić information content (AvgIpc) is 3.32. The molecule has 0 unspecified atom stereocenters. The van der Waals surface area contributed by atoms with Crippen LogP contribution < -0.4 is 5.43 Å². The van der Waals surface area contributed by atoms with Gasteiger partial charge in [-0.1, -0.05) is 25.0 Å². The number of carbonyl (C=O) groups is 3. The fourth-order valence-corrected chi connectivity index (χ4v) is 5.95. The van der Waals surface area contributed by atoms with E-state index in [9.17, 15) is 14.4 Å². The van der Waals surface area contributed by atoms with Crippen molar-refractivity contribution in [2.45, 2.75) is 46.5 Å². The molecule has 2 saturated carbocycles. The average molecular weight is 372 g/mol. The number of fused-ring (bicyclic) bond motifs is 5. The van der Waals surface area contributed by atoms with Gasteiger partial charge in [0.1, 0.15) is 0 Å². The van der Waals surface area contributed by atoms with E-state index in [1.54, 1.807) is 5.38 Å². The van der Waals surface area contributed by atoms with Crippen LogP contribution in [-0.4, -0.2) is 22.7 Å². The van der Waals surface area contributed by atoms with Gasteiger partial charge in [0.15, 0.2) is 0 Å². The summed E-state index contributed by atoms with van der Waals surface area (Å²) in [6.07, 6.45) is 1.94. The minimum absolute atomic E-state index is 0.169. The normalized spacial score (nSPS) is 29.7. The number of nitrogens with one attached hydrogen (secondary N) is 1. The smallest absolute Gasteiger partial charge is 0.271 e. The molecule has 0 radical (unpaired) electrons. The van der Waals surface area contributed by atoms with Crippen molar-refractivity contribution in [1.82, 2.24) is 10.4 Å². The summed E-state index contributed by atoms with van der Waals surface area (Å²) in [5.41, 5.74) is 5.63.